The van der Waals surface area contributed by atoms with Crippen LogP contribution in [0.25, 0.3) is 11.2 Å². The molecule has 71 heavy (non-hydrogen) atoms. The van der Waals surface area contributed by atoms with E-state index < -0.39 is 131 Å². The Kier molecular flexibility index (Phi) is 17.2. The first kappa shape index (κ1) is 53.8. The van der Waals surface area contributed by atoms with E-state index in [9.17, 15) is 58.2 Å². The predicted molar refractivity (Wildman–Crippen MR) is 236 cm³/mol. The van der Waals surface area contributed by atoms with E-state index in [4.69, 9.17) is 48.9 Å². The van der Waals surface area contributed by atoms with Gasteiger partial charge in [-0.25, -0.2) is 33.7 Å². The van der Waals surface area contributed by atoms with E-state index in [1.165, 1.54) is 50.1 Å². The summed E-state index contributed by atoms with van der Waals surface area (Å²) in [4.78, 5) is 110. The zero-order chi connectivity index (χ0) is 51.9. The van der Waals surface area contributed by atoms with Crippen LogP contribution >= 0.6 is 15.6 Å². The average molecular weight is 1040 g/mol. The van der Waals surface area contributed by atoms with Crippen LogP contribution in [0.1, 0.15) is 44.2 Å². The normalized spacial score (nSPS) is 22.8. The number of nitrogen functional groups attached to an aromatic ring is 2. The van der Waals surface area contributed by atoms with E-state index >= 15 is 0 Å². The first-order chi connectivity index (χ1) is 33.5. The average Bonchev–Trinajstić information content (AvgIpc) is 4.01. The molecule has 33 heteroatoms. The highest BCUT2D eigenvalue weighted by Gasteiger charge is 2.51. The monoisotopic (exact) mass is 1040 g/mol. The van der Waals surface area contributed by atoms with Crippen molar-refractivity contribution in [1.29, 1.82) is 0 Å². The van der Waals surface area contributed by atoms with Gasteiger partial charge < -0.3 is 65.0 Å². The van der Waals surface area contributed by atoms with Gasteiger partial charge in [-0.3, -0.25) is 42.4 Å². The van der Waals surface area contributed by atoms with E-state index in [-0.39, 0.29) is 52.7 Å². The van der Waals surface area contributed by atoms with Gasteiger partial charge in [-0.15, -0.1) is 6.58 Å². The van der Waals surface area contributed by atoms with Crippen LogP contribution in [0, 0.1) is 16.0 Å². The van der Waals surface area contributed by atoms with Crippen molar-refractivity contribution in [2.45, 2.75) is 81.8 Å². The molecule has 1 amide bonds. The molecular formula is C38H48N10O21P2. The minimum absolute atomic E-state index is 0.00782. The maximum atomic E-state index is 14.3. The van der Waals surface area contributed by atoms with Crippen molar-refractivity contribution in [3.05, 3.63) is 75.9 Å². The number of imidazole rings is 1. The number of methoxy groups -OCH3 is 2. The van der Waals surface area contributed by atoms with E-state index in [0.29, 0.717) is 0 Å². The summed E-state index contributed by atoms with van der Waals surface area (Å²) in [5.41, 5.74) is 10.1. The number of nitro groups is 1. The molecule has 0 aliphatic carbocycles. The Morgan fingerprint density at radius 1 is 1.04 bits per heavy atom. The summed E-state index contributed by atoms with van der Waals surface area (Å²) in [6.45, 7) is 2.05. The van der Waals surface area contributed by atoms with Crippen LogP contribution in [0.5, 0.6) is 11.5 Å². The van der Waals surface area contributed by atoms with Gasteiger partial charge in [-0.2, -0.15) is 4.98 Å². The van der Waals surface area contributed by atoms with Gasteiger partial charge in [0.2, 0.25) is 5.91 Å². The molecule has 2 aliphatic heterocycles. The van der Waals surface area contributed by atoms with Crippen molar-refractivity contribution in [2.75, 3.05) is 38.9 Å². The number of aliphatic hydroxyl groups excluding tert-OH is 1. The van der Waals surface area contributed by atoms with E-state index in [1.54, 1.807) is 0 Å². The number of carbonyl (C=O) groups is 3. The van der Waals surface area contributed by atoms with Gasteiger partial charge in [0, 0.05) is 19.0 Å². The molecule has 1 aromatic carbocycles. The molecule has 4 aromatic rings. The van der Waals surface area contributed by atoms with Gasteiger partial charge in [0.1, 0.15) is 61.0 Å². The largest absolute Gasteiger partial charge is 0.493 e. The van der Waals surface area contributed by atoms with E-state index in [0.717, 1.165) is 23.3 Å². The number of benzene rings is 1. The second-order valence-corrected chi connectivity index (χ2v) is 18.1. The van der Waals surface area contributed by atoms with Crippen molar-refractivity contribution in [2.24, 2.45) is 5.92 Å². The number of nitrogens with one attached hydrogen (secondary N) is 1. The summed E-state index contributed by atoms with van der Waals surface area (Å²) in [5.74, 6) is -5.07. The Morgan fingerprint density at radius 3 is 2.41 bits per heavy atom. The number of esters is 2. The van der Waals surface area contributed by atoms with E-state index in [1.807, 2.05) is 0 Å². The van der Waals surface area contributed by atoms with Gasteiger partial charge in [-0.1, -0.05) is 6.08 Å². The third-order valence-electron chi connectivity index (χ3n) is 10.8. The number of ether oxygens (including phenoxy) is 6. The topological polar surface area (TPSA) is 435 Å². The molecule has 2 saturated heterocycles. The number of hydrogen-bond acceptors (Lipinski definition) is 24. The maximum Gasteiger partial charge on any atom is 0.472 e. The molecule has 0 bridgehead atoms. The van der Waals surface area contributed by atoms with Crippen molar-refractivity contribution < 1.29 is 90.2 Å². The Hall–Kier alpha value is -6.50. The lowest BCUT2D eigenvalue weighted by molar-refractivity contribution is -0.385. The van der Waals surface area contributed by atoms with Crippen LogP contribution in [-0.4, -0.2) is 136 Å². The molecule has 2 aliphatic rings. The van der Waals surface area contributed by atoms with Gasteiger partial charge >= 0.3 is 33.3 Å². The fourth-order valence-electron chi connectivity index (χ4n) is 7.29. The Morgan fingerprint density at radius 2 is 1.75 bits per heavy atom. The molecule has 2 fully saturated rings. The fraction of sp³-hybridized carbons (Fsp3) is 0.474. The SMILES string of the molecule is C=CCCC(=O)N[C@H](C(=O)O[C@H]1[C@@H](O)[C@H](n2cnc3c(N)ncnc32)O[C@@H]1COP(=O)(O)O[C@H]1C[C@H](n2ccc(N)nc2=O)O[C@@H]1COP(=O)(O)O)[C@@H](C)C(=O)OCc1cc(OC)c(OC)cc1[N+](=O)[O-]. The molecule has 0 saturated carbocycles. The lowest BCUT2D eigenvalue weighted by Crippen LogP contribution is -2.51. The number of carbonyl (C=O) groups excluding carboxylic acids is 3. The molecule has 6 rings (SSSR count). The molecular weight excluding hydrogens is 994 g/mol. The van der Waals surface area contributed by atoms with Crippen LogP contribution in [0.2, 0.25) is 0 Å². The van der Waals surface area contributed by atoms with Crippen molar-refractivity contribution in [3.8, 4) is 11.5 Å². The minimum Gasteiger partial charge on any atom is -0.493 e. The van der Waals surface area contributed by atoms with Crippen LogP contribution in [0.4, 0.5) is 17.3 Å². The molecule has 31 nitrogen and oxygen atoms in total. The van der Waals surface area contributed by atoms with Crippen molar-refractivity contribution >= 4 is 62.0 Å². The fourth-order valence-corrected chi connectivity index (χ4v) is 8.59. The number of nitrogens with zero attached hydrogens (tertiary/aromatic N) is 7. The van der Waals surface area contributed by atoms with Gasteiger partial charge in [0.15, 0.2) is 35.3 Å². The Labute approximate surface area is 399 Å². The van der Waals surface area contributed by atoms with Gasteiger partial charge in [-0.05, 0) is 25.5 Å². The highest BCUT2D eigenvalue weighted by molar-refractivity contribution is 7.47. The quantitative estimate of drug-likeness (QED) is 0.0170. The number of anilines is 2. The number of hydrogen-bond donors (Lipinski definition) is 7. The number of rotatable bonds is 23. The van der Waals surface area contributed by atoms with Crippen LogP contribution < -0.4 is 31.9 Å². The number of aromatic nitrogens is 6. The second-order valence-electron chi connectivity index (χ2n) is 15.5. The van der Waals surface area contributed by atoms with Gasteiger partial charge in [0.05, 0.1) is 56.2 Å². The zero-order valence-corrected chi connectivity index (χ0v) is 39.4. The maximum absolute atomic E-state index is 14.3. The molecule has 386 valence electrons. The summed E-state index contributed by atoms with van der Waals surface area (Å²) in [6.07, 6.45) is -7.18. The smallest absolute Gasteiger partial charge is 0.472 e. The summed E-state index contributed by atoms with van der Waals surface area (Å²) in [6, 6.07) is 1.60. The molecule has 0 radical (unpaired) electrons. The number of aliphatic hydroxyl groups is 1. The summed E-state index contributed by atoms with van der Waals surface area (Å²) in [5, 5.41) is 26.1. The van der Waals surface area contributed by atoms with Gasteiger partial charge in [0.25, 0.3) is 5.69 Å². The Bertz CT molecular complexity index is 2790. The number of phosphoric acid groups is 2. The standard InChI is InChI=1S/C38H48N10O21P2/c1-5-6-7-27(49)45-29(18(2)36(51)63-13-19-10-21(61-3)22(62-4)11-20(19)48(54)55)37(52)68-32-25(67-35(31(32)50)47-17-43-30-33(40)41-16-42-34(30)47)15-65-71(59,60)69-23-12-28(46-9-8-26(39)44-38(46)53)66-24(23)14-64-70(56,57)58/h5,8-11,16-18,23-25,28-29,31-32,35,50H,1,6-7,12-15H2,2-4H3,(H,45,49)(H,59,60)(H2,39,44,53)(H2,40,41,42)(H2,56,57,58)/t18-,23+,24-,25-,28-,29+,31-,32-,35-/m1/s1. The lowest BCUT2D eigenvalue weighted by Gasteiger charge is -2.27. The minimum atomic E-state index is -5.36. The lowest BCUT2D eigenvalue weighted by atomic mass is 10.0. The Balaban J connectivity index is 1.26. The highest BCUT2D eigenvalue weighted by Crippen LogP contribution is 2.50. The number of nitrogens with two attached hydrogens (primary N) is 2. The number of fused-ring (bicyclic) bond motifs is 1. The van der Waals surface area contributed by atoms with E-state index in [2.05, 4.69) is 36.4 Å². The molecule has 5 heterocycles. The third kappa shape index (κ3) is 13.1. The molecule has 9 N–H and O–H groups in total. The first-order valence-electron chi connectivity index (χ1n) is 20.8. The van der Waals surface area contributed by atoms with Crippen molar-refractivity contribution in [3.63, 3.8) is 0 Å². The van der Waals surface area contributed by atoms with Crippen LogP contribution in [-0.2, 0) is 62.6 Å². The van der Waals surface area contributed by atoms with Crippen LogP contribution in [0.15, 0.2) is 54.5 Å². The molecule has 1 unspecified atom stereocenters. The van der Waals surface area contributed by atoms with Crippen molar-refractivity contribution in [1.82, 2.24) is 34.4 Å². The number of phosphoric ester groups is 2. The zero-order valence-electron chi connectivity index (χ0n) is 37.6. The second kappa shape index (κ2) is 22.7. The third-order valence-corrected chi connectivity index (χ3v) is 12.3. The molecule has 10 atom stereocenters. The first-order valence-corrected chi connectivity index (χ1v) is 23.9. The summed E-state index contributed by atoms with van der Waals surface area (Å²) in [7, 11) is -7.98. The highest BCUT2D eigenvalue weighted by atomic mass is 31.2. The number of allylic oxidation sites excluding steroid dienone is 1. The molecule has 0 spiro atoms. The summed E-state index contributed by atoms with van der Waals surface area (Å²) >= 11 is 0. The molecule has 3 aromatic heterocycles. The predicted octanol–water partition coefficient (Wildman–Crippen LogP) is 0.0726. The van der Waals surface area contributed by atoms with Crippen LogP contribution in [0.3, 0.4) is 0 Å². The number of amides is 1. The summed E-state index contributed by atoms with van der Waals surface area (Å²) < 4.78 is 75.8. The number of nitro benzene ring substituents is 1.